The molecule has 7 nitrogen and oxygen atoms in total. The molecule has 0 saturated carbocycles. The Kier molecular flexibility index (Phi) is 5.86. The Morgan fingerprint density at radius 1 is 1.24 bits per heavy atom. The normalized spacial score (nSPS) is 11.4. The van der Waals surface area contributed by atoms with E-state index in [0.29, 0.717) is 6.42 Å². The van der Waals surface area contributed by atoms with Crippen LogP contribution >= 0.6 is 0 Å². The van der Waals surface area contributed by atoms with Gasteiger partial charge in [-0.2, -0.15) is 4.31 Å². The standard InChI is InChI=1S/C13H18N2O5S/c1-3-8-15(9-12(16)20-2)21(18,19)11-6-4-10(5-7-11)13(14)17/h4-7H,3,8-9H2,1-2H3,(H2,14,17). The molecular formula is C13H18N2O5S. The van der Waals surface area contributed by atoms with Crippen molar-refractivity contribution >= 4 is 21.9 Å². The summed E-state index contributed by atoms with van der Waals surface area (Å²) in [6.07, 6.45) is 0.551. The number of esters is 1. The van der Waals surface area contributed by atoms with Gasteiger partial charge in [-0.15, -0.1) is 0 Å². The zero-order valence-electron chi connectivity index (χ0n) is 11.9. The second-order valence-corrected chi connectivity index (χ2v) is 6.24. The first-order valence-electron chi connectivity index (χ1n) is 6.29. The zero-order valence-corrected chi connectivity index (χ0v) is 12.7. The summed E-state index contributed by atoms with van der Waals surface area (Å²) >= 11 is 0. The Hall–Kier alpha value is -1.93. The van der Waals surface area contributed by atoms with Crippen LogP contribution in [0.2, 0.25) is 0 Å². The number of benzene rings is 1. The van der Waals surface area contributed by atoms with Gasteiger partial charge in [0.1, 0.15) is 6.54 Å². The third kappa shape index (κ3) is 4.27. The van der Waals surface area contributed by atoms with E-state index in [1.165, 1.54) is 31.4 Å². The van der Waals surface area contributed by atoms with Crippen LogP contribution in [0.1, 0.15) is 23.7 Å². The van der Waals surface area contributed by atoms with Crippen molar-refractivity contribution in [1.82, 2.24) is 4.31 Å². The first kappa shape index (κ1) is 17.1. The highest BCUT2D eigenvalue weighted by Crippen LogP contribution is 2.17. The number of nitrogens with zero attached hydrogens (tertiary/aromatic N) is 1. The van der Waals surface area contributed by atoms with Crippen molar-refractivity contribution in [2.45, 2.75) is 18.2 Å². The van der Waals surface area contributed by atoms with E-state index < -0.39 is 21.9 Å². The Morgan fingerprint density at radius 3 is 2.24 bits per heavy atom. The molecule has 0 aliphatic heterocycles. The predicted octanol–water partition coefficient (Wildman–Crippen LogP) is 0.359. The van der Waals surface area contributed by atoms with Crippen molar-refractivity contribution in [3.8, 4) is 0 Å². The SMILES string of the molecule is CCCN(CC(=O)OC)S(=O)(=O)c1ccc(C(N)=O)cc1. The molecule has 116 valence electrons. The third-order valence-electron chi connectivity index (χ3n) is 2.78. The lowest BCUT2D eigenvalue weighted by Crippen LogP contribution is -2.36. The fraction of sp³-hybridized carbons (Fsp3) is 0.385. The molecule has 21 heavy (non-hydrogen) atoms. The van der Waals surface area contributed by atoms with Crippen LogP contribution in [-0.2, 0) is 19.6 Å². The maximum absolute atomic E-state index is 12.5. The summed E-state index contributed by atoms with van der Waals surface area (Å²) in [7, 11) is -2.64. The molecule has 0 unspecified atom stereocenters. The quantitative estimate of drug-likeness (QED) is 0.731. The van der Waals surface area contributed by atoms with Crippen LogP contribution in [0.5, 0.6) is 0 Å². The summed E-state index contributed by atoms with van der Waals surface area (Å²) in [6, 6.07) is 5.24. The highest BCUT2D eigenvalue weighted by Gasteiger charge is 2.26. The topological polar surface area (TPSA) is 107 Å². The van der Waals surface area contributed by atoms with E-state index in [2.05, 4.69) is 4.74 Å². The second-order valence-electron chi connectivity index (χ2n) is 4.30. The molecule has 0 bridgehead atoms. The summed E-state index contributed by atoms with van der Waals surface area (Å²) < 4.78 is 30.5. The van der Waals surface area contributed by atoms with Crippen LogP contribution in [-0.4, -0.2) is 44.8 Å². The summed E-state index contributed by atoms with van der Waals surface area (Å²) in [5.41, 5.74) is 5.32. The molecule has 2 N–H and O–H groups in total. The highest BCUT2D eigenvalue weighted by atomic mass is 32.2. The lowest BCUT2D eigenvalue weighted by atomic mass is 10.2. The van der Waals surface area contributed by atoms with Gasteiger partial charge in [-0.05, 0) is 30.7 Å². The first-order valence-corrected chi connectivity index (χ1v) is 7.73. The van der Waals surface area contributed by atoms with E-state index in [1.54, 1.807) is 6.92 Å². The second kappa shape index (κ2) is 7.19. The molecule has 0 fully saturated rings. The Bertz CT molecular complexity index is 610. The molecular weight excluding hydrogens is 296 g/mol. The largest absolute Gasteiger partial charge is 0.468 e. The minimum Gasteiger partial charge on any atom is -0.468 e. The van der Waals surface area contributed by atoms with Gasteiger partial charge < -0.3 is 10.5 Å². The van der Waals surface area contributed by atoms with E-state index in [4.69, 9.17) is 5.73 Å². The number of hydrogen-bond donors (Lipinski definition) is 1. The maximum atomic E-state index is 12.5. The number of sulfonamides is 1. The van der Waals surface area contributed by atoms with Gasteiger partial charge in [-0.25, -0.2) is 8.42 Å². The van der Waals surface area contributed by atoms with Gasteiger partial charge >= 0.3 is 5.97 Å². The molecule has 0 aromatic heterocycles. The van der Waals surface area contributed by atoms with Crippen LogP contribution in [0.4, 0.5) is 0 Å². The van der Waals surface area contributed by atoms with Crippen LogP contribution in [0.25, 0.3) is 0 Å². The van der Waals surface area contributed by atoms with E-state index in [9.17, 15) is 18.0 Å². The number of hydrogen-bond acceptors (Lipinski definition) is 5. The van der Waals surface area contributed by atoms with E-state index in [0.717, 1.165) is 4.31 Å². The van der Waals surface area contributed by atoms with Crippen molar-refractivity contribution in [3.63, 3.8) is 0 Å². The predicted molar refractivity (Wildman–Crippen MR) is 76.0 cm³/mol. The molecule has 1 amide bonds. The molecule has 0 atom stereocenters. The van der Waals surface area contributed by atoms with Crippen molar-refractivity contribution in [2.75, 3.05) is 20.2 Å². The number of nitrogens with two attached hydrogens (primary N) is 1. The first-order chi connectivity index (χ1) is 9.82. The Labute approximate surface area is 123 Å². The molecule has 0 heterocycles. The van der Waals surface area contributed by atoms with Crippen LogP contribution in [0.3, 0.4) is 0 Å². The molecule has 0 saturated heterocycles. The van der Waals surface area contributed by atoms with Crippen LogP contribution in [0.15, 0.2) is 29.2 Å². The van der Waals surface area contributed by atoms with Gasteiger partial charge in [0.05, 0.1) is 12.0 Å². The summed E-state index contributed by atoms with van der Waals surface area (Å²) in [5.74, 6) is -1.28. The minimum absolute atomic E-state index is 0.00940. The van der Waals surface area contributed by atoms with E-state index >= 15 is 0 Å². The number of amides is 1. The fourth-order valence-corrected chi connectivity index (χ4v) is 3.16. The molecule has 0 spiro atoms. The van der Waals surface area contributed by atoms with Gasteiger partial charge in [-0.3, -0.25) is 9.59 Å². The summed E-state index contributed by atoms with van der Waals surface area (Å²) in [4.78, 5) is 22.3. The average molecular weight is 314 g/mol. The van der Waals surface area contributed by atoms with Gasteiger partial charge in [-0.1, -0.05) is 6.92 Å². The average Bonchev–Trinajstić information content (AvgIpc) is 2.46. The van der Waals surface area contributed by atoms with Gasteiger partial charge in [0, 0.05) is 12.1 Å². The van der Waals surface area contributed by atoms with Gasteiger partial charge in [0.2, 0.25) is 15.9 Å². The number of methoxy groups -OCH3 is 1. The lowest BCUT2D eigenvalue weighted by molar-refractivity contribution is -0.140. The molecule has 1 aromatic rings. The zero-order chi connectivity index (χ0) is 16.0. The summed E-state index contributed by atoms with van der Waals surface area (Å²) in [5, 5.41) is 0. The molecule has 0 radical (unpaired) electrons. The smallest absolute Gasteiger partial charge is 0.321 e. The molecule has 1 rings (SSSR count). The van der Waals surface area contributed by atoms with Gasteiger partial charge in [0.15, 0.2) is 0 Å². The van der Waals surface area contributed by atoms with Gasteiger partial charge in [0.25, 0.3) is 0 Å². The van der Waals surface area contributed by atoms with Crippen molar-refractivity contribution in [3.05, 3.63) is 29.8 Å². The molecule has 0 aliphatic rings. The van der Waals surface area contributed by atoms with Crippen LogP contribution in [0, 0.1) is 0 Å². The number of rotatable bonds is 7. The van der Waals surface area contributed by atoms with E-state index in [-0.39, 0.29) is 23.5 Å². The monoisotopic (exact) mass is 314 g/mol. The highest BCUT2D eigenvalue weighted by molar-refractivity contribution is 7.89. The van der Waals surface area contributed by atoms with Crippen molar-refractivity contribution < 1.29 is 22.7 Å². The lowest BCUT2D eigenvalue weighted by Gasteiger charge is -2.20. The maximum Gasteiger partial charge on any atom is 0.321 e. The third-order valence-corrected chi connectivity index (χ3v) is 4.64. The number of ether oxygens (including phenoxy) is 1. The Balaban J connectivity index is 3.09. The van der Waals surface area contributed by atoms with Crippen LogP contribution < -0.4 is 5.73 Å². The van der Waals surface area contributed by atoms with E-state index in [1.807, 2.05) is 0 Å². The molecule has 0 aliphatic carbocycles. The Morgan fingerprint density at radius 2 is 1.81 bits per heavy atom. The number of primary amides is 1. The van der Waals surface area contributed by atoms with Crippen molar-refractivity contribution in [1.29, 1.82) is 0 Å². The number of carbonyl (C=O) groups is 2. The minimum atomic E-state index is -3.83. The number of carbonyl (C=O) groups excluding carboxylic acids is 2. The fourth-order valence-electron chi connectivity index (χ4n) is 1.68. The van der Waals surface area contributed by atoms with Crippen molar-refractivity contribution in [2.24, 2.45) is 5.73 Å². The molecule has 1 aromatic carbocycles. The summed E-state index contributed by atoms with van der Waals surface area (Å²) in [6.45, 7) is 1.63. The molecule has 8 heteroatoms.